The maximum absolute atomic E-state index is 12.5. The predicted octanol–water partition coefficient (Wildman–Crippen LogP) is 2.88. The van der Waals surface area contributed by atoms with Crippen LogP contribution in [0.1, 0.15) is 41.7 Å². The van der Waals surface area contributed by atoms with Crippen molar-refractivity contribution in [2.75, 3.05) is 25.0 Å². The maximum atomic E-state index is 12.5. The van der Waals surface area contributed by atoms with Crippen LogP contribution in [0.2, 0.25) is 0 Å². The van der Waals surface area contributed by atoms with Crippen molar-refractivity contribution < 1.29 is 14.3 Å². The van der Waals surface area contributed by atoms with E-state index in [1.165, 1.54) is 0 Å². The first-order valence-electron chi connectivity index (χ1n) is 9.70. The van der Waals surface area contributed by atoms with Crippen LogP contribution in [0.4, 0.5) is 5.69 Å². The van der Waals surface area contributed by atoms with Gasteiger partial charge in [0.2, 0.25) is 5.91 Å². The quantitative estimate of drug-likeness (QED) is 0.657. The molecule has 0 bridgehead atoms. The summed E-state index contributed by atoms with van der Waals surface area (Å²) in [5, 5.41) is 8.92. The molecule has 2 atom stereocenters. The highest BCUT2D eigenvalue weighted by Gasteiger charge is 2.15. The lowest BCUT2D eigenvalue weighted by Gasteiger charge is -2.15. The lowest BCUT2D eigenvalue weighted by molar-refractivity contribution is -0.115. The summed E-state index contributed by atoms with van der Waals surface area (Å²) in [7, 11) is 0. The van der Waals surface area contributed by atoms with E-state index in [0.29, 0.717) is 17.8 Å². The zero-order chi connectivity index (χ0) is 19.8. The molecule has 3 N–H and O–H groups in total. The Kier molecular flexibility index (Phi) is 7.17. The van der Waals surface area contributed by atoms with Gasteiger partial charge in [-0.2, -0.15) is 0 Å². The molecule has 0 aliphatic carbocycles. The fourth-order valence-electron chi connectivity index (χ4n) is 3.20. The average molecular weight is 381 g/mol. The second-order valence-corrected chi connectivity index (χ2v) is 7.00. The van der Waals surface area contributed by atoms with Crippen LogP contribution in [0, 0.1) is 0 Å². The molecule has 3 rings (SSSR count). The van der Waals surface area contributed by atoms with Gasteiger partial charge in [0.25, 0.3) is 5.91 Å². The second-order valence-electron chi connectivity index (χ2n) is 7.00. The Morgan fingerprint density at radius 3 is 2.71 bits per heavy atom. The number of nitrogens with one attached hydrogen (secondary N) is 3. The minimum atomic E-state index is -0.177. The summed E-state index contributed by atoms with van der Waals surface area (Å²) in [5.74, 6) is -0.322. The summed E-state index contributed by atoms with van der Waals surface area (Å²) >= 11 is 0. The molecule has 1 saturated heterocycles. The first-order chi connectivity index (χ1) is 13.6. The molecule has 1 heterocycles. The highest BCUT2D eigenvalue weighted by molar-refractivity contribution is 5.97. The van der Waals surface area contributed by atoms with Crippen molar-refractivity contribution in [3.63, 3.8) is 0 Å². The second kappa shape index (κ2) is 10.0. The summed E-state index contributed by atoms with van der Waals surface area (Å²) in [5.41, 5.74) is 2.15. The van der Waals surface area contributed by atoms with Gasteiger partial charge in [0, 0.05) is 24.4 Å². The van der Waals surface area contributed by atoms with Gasteiger partial charge in [-0.05, 0) is 43.5 Å². The Balaban J connectivity index is 1.49. The average Bonchev–Trinajstić information content (AvgIpc) is 3.22. The highest BCUT2D eigenvalue weighted by Crippen LogP contribution is 2.15. The van der Waals surface area contributed by atoms with Gasteiger partial charge < -0.3 is 20.7 Å². The van der Waals surface area contributed by atoms with E-state index >= 15 is 0 Å². The molecule has 6 nitrogen and oxygen atoms in total. The standard InChI is InChI=1S/C22H27N3O3/c1-16(17-7-3-2-4-8-17)24-22(27)18-9-5-10-19(13-18)25-21(26)15-23-14-20-11-6-12-28-20/h2-5,7-10,13,16,20,23H,6,11-12,14-15H2,1H3,(H,24,27)(H,25,26). The molecule has 0 radical (unpaired) electrons. The topological polar surface area (TPSA) is 79.5 Å². The molecular weight excluding hydrogens is 354 g/mol. The monoisotopic (exact) mass is 381 g/mol. The van der Waals surface area contributed by atoms with Crippen LogP contribution < -0.4 is 16.0 Å². The van der Waals surface area contributed by atoms with Gasteiger partial charge in [-0.15, -0.1) is 0 Å². The molecule has 2 aromatic carbocycles. The van der Waals surface area contributed by atoms with Crippen molar-refractivity contribution in [1.29, 1.82) is 0 Å². The third kappa shape index (κ3) is 5.90. The predicted molar refractivity (Wildman–Crippen MR) is 109 cm³/mol. The molecular formula is C22H27N3O3. The molecule has 0 saturated carbocycles. The van der Waals surface area contributed by atoms with Crippen LogP contribution in [-0.2, 0) is 9.53 Å². The van der Waals surface area contributed by atoms with Gasteiger partial charge in [-0.3, -0.25) is 9.59 Å². The molecule has 1 aliphatic rings. The van der Waals surface area contributed by atoms with Crippen molar-refractivity contribution in [3.8, 4) is 0 Å². The van der Waals surface area contributed by atoms with E-state index in [1.807, 2.05) is 37.3 Å². The van der Waals surface area contributed by atoms with Crippen LogP contribution in [0.25, 0.3) is 0 Å². The van der Waals surface area contributed by atoms with E-state index in [1.54, 1.807) is 24.3 Å². The molecule has 0 spiro atoms. The molecule has 6 heteroatoms. The van der Waals surface area contributed by atoms with Crippen molar-refractivity contribution in [3.05, 3.63) is 65.7 Å². The van der Waals surface area contributed by atoms with Gasteiger partial charge in [-0.25, -0.2) is 0 Å². The number of anilines is 1. The fraction of sp³-hybridized carbons (Fsp3) is 0.364. The summed E-state index contributed by atoms with van der Waals surface area (Å²) in [4.78, 5) is 24.7. The first-order valence-corrected chi connectivity index (χ1v) is 9.70. The van der Waals surface area contributed by atoms with E-state index in [0.717, 1.165) is 25.0 Å². The number of benzene rings is 2. The first kappa shape index (κ1) is 20.0. The van der Waals surface area contributed by atoms with Crippen molar-refractivity contribution in [1.82, 2.24) is 10.6 Å². The van der Waals surface area contributed by atoms with Crippen molar-refractivity contribution >= 4 is 17.5 Å². The minimum absolute atomic E-state index is 0.103. The molecule has 2 aromatic rings. The van der Waals surface area contributed by atoms with E-state index in [-0.39, 0.29) is 30.5 Å². The Bertz CT molecular complexity index is 789. The fourth-order valence-corrected chi connectivity index (χ4v) is 3.20. The smallest absolute Gasteiger partial charge is 0.251 e. The van der Waals surface area contributed by atoms with Crippen LogP contribution in [0.15, 0.2) is 54.6 Å². The largest absolute Gasteiger partial charge is 0.377 e. The van der Waals surface area contributed by atoms with Crippen LogP contribution >= 0.6 is 0 Å². The van der Waals surface area contributed by atoms with E-state index in [4.69, 9.17) is 4.74 Å². The lowest BCUT2D eigenvalue weighted by Crippen LogP contribution is -2.33. The summed E-state index contributed by atoms with van der Waals surface area (Å²) < 4.78 is 5.52. The normalized spacial score (nSPS) is 17.1. The Morgan fingerprint density at radius 2 is 1.96 bits per heavy atom. The van der Waals surface area contributed by atoms with Gasteiger partial charge in [0.1, 0.15) is 0 Å². The Hall–Kier alpha value is -2.70. The SMILES string of the molecule is CC(NC(=O)c1cccc(NC(=O)CNCC2CCCO2)c1)c1ccccc1. The Labute approximate surface area is 165 Å². The molecule has 2 amide bonds. The molecule has 2 unspecified atom stereocenters. The van der Waals surface area contributed by atoms with Gasteiger partial charge in [-0.1, -0.05) is 36.4 Å². The van der Waals surface area contributed by atoms with Gasteiger partial charge in [0.05, 0.1) is 18.7 Å². The third-order valence-corrected chi connectivity index (χ3v) is 4.74. The Morgan fingerprint density at radius 1 is 1.14 bits per heavy atom. The van der Waals surface area contributed by atoms with Crippen LogP contribution in [0.3, 0.4) is 0 Å². The zero-order valence-electron chi connectivity index (χ0n) is 16.1. The van der Waals surface area contributed by atoms with Crippen molar-refractivity contribution in [2.45, 2.75) is 31.9 Å². The van der Waals surface area contributed by atoms with Gasteiger partial charge in [0.15, 0.2) is 0 Å². The van der Waals surface area contributed by atoms with Crippen molar-refractivity contribution in [2.24, 2.45) is 0 Å². The van der Waals surface area contributed by atoms with E-state index in [2.05, 4.69) is 16.0 Å². The number of carbonyl (C=O) groups is 2. The third-order valence-electron chi connectivity index (χ3n) is 4.74. The van der Waals surface area contributed by atoms with E-state index in [9.17, 15) is 9.59 Å². The lowest BCUT2D eigenvalue weighted by atomic mass is 10.1. The number of amides is 2. The molecule has 28 heavy (non-hydrogen) atoms. The van der Waals surface area contributed by atoms with Gasteiger partial charge >= 0.3 is 0 Å². The summed E-state index contributed by atoms with van der Waals surface area (Å²) in [6.07, 6.45) is 2.31. The molecule has 1 aliphatic heterocycles. The highest BCUT2D eigenvalue weighted by atomic mass is 16.5. The summed E-state index contributed by atoms with van der Waals surface area (Å²) in [6, 6.07) is 16.6. The molecule has 148 valence electrons. The zero-order valence-corrected chi connectivity index (χ0v) is 16.1. The minimum Gasteiger partial charge on any atom is -0.377 e. The molecule has 1 fully saturated rings. The number of carbonyl (C=O) groups excluding carboxylic acids is 2. The van der Waals surface area contributed by atoms with E-state index < -0.39 is 0 Å². The number of ether oxygens (including phenoxy) is 1. The molecule has 0 aromatic heterocycles. The number of rotatable bonds is 8. The number of hydrogen-bond acceptors (Lipinski definition) is 4. The maximum Gasteiger partial charge on any atom is 0.251 e. The van der Waals surface area contributed by atoms with Crippen LogP contribution in [0.5, 0.6) is 0 Å². The number of hydrogen-bond donors (Lipinski definition) is 3. The van der Waals surface area contributed by atoms with Crippen LogP contribution in [-0.4, -0.2) is 37.6 Å². The summed E-state index contributed by atoms with van der Waals surface area (Å²) in [6.45, 7) is 3.63.